The van der Waals surface area contributed by atoms with Crippen molar-refractivity contribution in [3.05, 3.63) is 41.5 Å². The number of para-hydroxylation sites is 1. The molecule has 6 heteroatoms. The number of amides is 1. The highest BCUT2D eigenvalue weighted by Crippen LogP contribution is 2.35. The number of carbonyl (C=O) groups excluding carboxylic acids is 1. The molecule has 3 heterocycles. The molecule has 6 nitrogen and oxygen atoms in total. The molecule has 1 aromatic heterocycles. The van der Waals surface area contributed by atoms with Gasteiger partial charge in [-0.1, -0.05) is 18.2 Å². The van der Waals surface area contributed by atoms with Gasteiger partial charge in [-0.3, -0.25) is 4.79 Å². The number of aryl methyl sites for hydroxylation is 2. The van der Waals surface area contributed by atoms with E-state index < -0.39 is 0 Å². The van der Waals surface area contributed by atoms with E-state index in [4.69, 9.17) is 4.74 Å². The number of hydrogen-bond acceptors (Lipinski definition) is 4. The van der Waals surface area contributed by atoms with Crippen molar-refractivity contribution in [3.63, 3.8) is 0 Å². The van der Waals surface area contributed by atoms with Crippen LogP contribution in [-0.4, -0.2) is 45.3 Å². The van der Waals surface area contributed by atoms with Crippen LogP contribution in [0.2, 0.25) is 0 Å². The molecule has 2 aliphatic heterocycles. The van der Waals surface area contributed by atoms with Crippen molar-refractivity contribution < 1.29 is 9.53 Å². The maximum absolute atomic E-state index is 13.2. The molecule has 0 spiro atoms. The van der Waals surface area contributed by atoms with Crippen LogP contribution >= 0.6 is 0 Å². The standard InChI is InChI=1S/C19H24N4O2/c1-13-20-14(2)23(21-13)15-6-5-10-22(12-15)19(24)17-9-11-25-18-8-4-3-7-16(17)18/h3-4,7-8,15,17H,5-6,9-12H2,1-2H3/t15-,17-/m0/s1. The van der Waals surface area contributed by atoms with Crippen LogP contribution in [0, 0.1) is 13.8 Å². The van der Waals surface area contributed by atoms with Crippen molar-refractivity contribution in [1.82, 2.24) is 19.7 Å². The quantitative estimate of drug-likeness (QED) is 0.843. The third-order valence-electron chi connectivity index (χ3n) is 5.22. The van der Waals surface area contributed by atoms with Crippen LogP contribution in [0.25, 0.3) is 0 Å². The number of ether oxygens (including phenoxy) is 1. The van der Waals surface area contributed by atoms with E-state index in [1.54, 1.807) is 0 Å². The summed E-state index contributed by atoms with van der Waals surface area (Å²) in [4.78, 5) is 19.6. The normalized spacial score (nSPS) is 23.0. The number of likely N-dealkylation sites (tertiary alicyclic amines) is 1. The van der Waals surface area contributed by atoms with Gasteiger partial charge in [0.05, 0.1) is 18.6 Å². The first kappa shape index (κ1) is 16.1. The zero-order chi connectivity index (χ0) is 17.4. The number of nitrogens with zero attached hydrogens (tertiary/aromatic N) is 4. The Kier molecular flexibility index (Phi) is 4.19. The number of benzene rings is 1. The smallest absolute Gasteiger partial charge is 0.230 e. The van der Waals surface area contributed by atoms with Gasteiger partial charge in [-0.2, -0.15) is 5.10 Å². The van der Waals surface area contributed by atoms with E-state index in [0.29, 0.717) is 13.2 Å². The van der Waals surface area contributed by atoms with E-state index in [1.807, 2.05) is 47.7 Å². The van der Waals surface area contributed by atoms with Gasteiger partial charge in [-0.15, -0.1) is 0 Å². The lowest BCUT2D eigenvalue weighted by molar-refractivity contribution is -0.135. The van der Waals surface area contributed by atoms with Crippen molar-refractivity contribution in [2.24, 2.45) is 0 Å². The number of carbonyl (C=O) groups is 1. The molecule has 1 saturated heterocycles. The Morgan fingerprint density at radius 1 is 1.24 bits per heavy atom. The number of aromatic nitrogens is 3. The zero-order valence-electron chi connectivity index (χ0n) is 14.8. The lowest BCUT2D eigenvalue weighted by atomic mass is 9.91. The average molecular weight is 340 g/mol. The van der Waals surface area contributed by atoms with Gasteiger partial charge in [-0.05, 0) is 39.2 Å². The van der Waals surface area contributed by atoms with E-state index in [9.17, 15) is 4.79 Å². The maximum atomic E-state index is 13.2. The minimum atomic E-state index is -0.0951. The van der Waals surface area contributed by atoms with Crippen molar-refractivity contribution in [2.75, 3.05) is 19.7 Å². The summed E-state index contributed by atoms with van der Waals surface area (Å²) >= 11 is 0. The van der Waals surface area contributed by atoms with E-state index in [1.165, 1.54) is 0 Å². The molecule has 0 N–H and O–H groups in total. The van der Waals surface area contributed by atoms with Gasteiger partial charge in [-0.25, -0.2) is 9.67 Å². The second-order valence-electron chi connectivity index (χ2n) is 6.96. The van der Waals surface area contributed by atoms with Crippen LogP contribution in [-0.2, 0) is 4.79 Å². The van der Waals surface area contributed by atoms with Crippen LogP contribution in [0.15, 0.2) is 24.3 Å². The summed E-state index contributed by atoms with van der Waals surface area (Å²) in [6, 6.07) is 8.12. The number of fused-ring (bicyclic) bond motifs is 1. The summed E-state index contributed by atoms with van der Waals surface area (Å²) in [6.07, 6.45) is 2.79. The molecule has 0 saturated carbocycles. The molecule has 132 valence electrons. The number of piperidine rings is 1. The van der Waals surface area contributed by atoms with Gasteiger partial charge < -0.3 is 9.64 Å². The lowest BCUT2D eigenvalue weighted by Crippen LogP contribution is -2.44. The van der Waals surface area contributed by atoms with Crippen LogP contribution in [0.4, 0.5) is 0 Å². The van der Waals surface area contributed by atoms with E-state index in [2.05, 4.69) is 10.1 Å². The highest BCUT2D eigenvalue weighted by Gasteiger charge is 2.34. The molecule has 0 aliphatic carbocycles. The lowest BCUT2D eigenvalue weighted by Gasteiger charge is -2.36. The number of hydrogen-bond donors (Lipinski definition) is 0. The molecular formula is C19H24N4O2. The minimum Gasteiger partial charge on any atom is -0.493 e. The minimum absolute atomic E-state index is 0.0951. The highest BCUT2D eigenvalue weighted by atomic mass is 16.5. The molecule has 0 bridgehead atoms. The Morgan fingerprint density at radius 3 is 2.88 bits per heavy atom. The van der Waals surface area contributed by atoms with Gasteiger partial charge in [0.25, 0.3) is 0 Å². The van der Waals surface area contributed by atoms with E-state index >= 15 is 0 Å². The first-order chi connectivity index (χ1) is 12.1. The topological polar surface area (TPSA) is 60.2 Å². The second kappa shape index (κ2) is 6.50. The maximum Gasteiger partial charge on any atom is 0.230 e. The molecule has 1 amide bonds. The first-order valence-electron chi connectivity index (χ1n) is 9.04. The first-order valence-corrected chi connectivity index (χ1v) is 9.04. The van der Waals surface area contributed by atoms with Crippen molar-refractivity contribution in [3.8, 4) is 5.75 Å². The van der Waals surface area contributed by atoms with Gasteiger partial charge in [0, 0.05) is 18.7 Å². The van der Waals surface area contributed by atoms with Gasteiger partial charge in [0.15, 0.2) is 0 Å². The largest absolute Gasteiger partial charge is 0.493 e. The second-order valence-corrected chi connectivity index (χ2v) is 6.96. The average Bonchev–Trinajstić information content (AvgIpc) is 2.99. The van der Waals surface area contributed by atoms with Gasteiger partial charge >= 0.3 is 0 Å². The monoisotopic (exact) mass is 340 g/mol. The number of rotatable bonds is 2. The highest BCUT2D eigenvalue weighted by molar-refractivity contribution is 5.85. The molecule has 0 radical (unpaired) electrons. The SMILES string of the molecule is Cc1nc(C)n([C@H]2CCCN(C(=O)[C@H]3CCOc4ccccc43)C2)n1. The Labute approximate surface area is 147 Å². The third kappa shape index (κ3) is 3.01. The molecule has 25 heavy (non-hydrogen) atoms. The van der Waals surface area contributed by atoms with Crippen LogP contribution in [0.5, 0.6) is 5.75 Å². The van der Waals surface area contributed by atoms with E-state index in [-0.39, 0.29) is 17.9 Å². The molecular weight excluding hydrogens is 316 g/mol. The molecule has 0 unspecified atom stereocenters. The predicted octanol–water partition coefficient (Wildman–Crippen LogP) is 2.62. The Hall–Kier alpha value is -2.37. The van der Waals surface area contributed by atoms with Crippen LogP contribution in [0.3, 0.4) is 0 Å². The molecule has 1 aromatic carbocycles. The van der Waals surface area contributed by atoms with Gasteiger partial charge in [0.2, 0.25) is 5.91 Å². The van der Waals surface area contributed by atoms with Crippen molar-refractivity contribution in [1.29, 1.82) is 0 Å². The summed E-state index contributed by atoms with van der Waals surface area (Å²) in [5, 5.41) is 4.52. The molecule has 2 aromatic rings. The Morgan fingerprint density at radius 2 is 2.08 bits per heavy atom. The van der Waals surface area contributed by atoms with E-state index in [0.717, 1.165) is 48.8 Å². The third-order valence-corrected chi connectivity index (χ3v) is 5.22. The fourth-order valence-corrected chi connectivity index (χ4v) is 4.06. The molecule has 2 aliphatic rings. The zero-order valence-corrected chi connectivity index (χ0v) is 14.8. The summed E-state index contributed by atoms with van der Waals surface area (Å²) in [6.45, 7) is 6.03. The Balaban J connectivity index is 1.54. The molecule has 4 rings (SSSR count). The fourth-order valence-electron chi connectivity index (χ4n) is 4.06. The van der Waals surface area contributed by atoms with Crippen molar-refractivity contribution >= 4 is 5.91 Å². The molecule has 2 atom stereocenters. The van der Waals surface area contributed by atoms with Crippen LogP contribution < -0.4 is 4.74 Å². The van der Waals surface area contributed by atoms with Crippen molar-refractivity contribution in [2.45, 2.75) is 45.1 Å². The fraction of sp³-hybridized carbons (Fsp3) is 0.526. The Bertz CT molecular complexity index is 785. The summed E-state index contributed by atoms with van der Waals surface area (Å²) in [5.74, 6) is 2.69. The van der Waals surface area contributed by atoms with Gasteiger partial charge in [0.1, 0.15) is 17.4 Å². The van der Waals surface area contributed by atoms with Crippen LogP contribution in [0.1, 0.15) is 48.4 Å². The summed E-state index contributed by atoms with van der Waals surface area (Å²) in [7, 11) is 0. The predicted molar refractivity (Wildman–Crippen MR) is 93.6 cm³/mol. The summed E-state index contributed by atoms with van der Waals surface area (Å²) in [5.41, 5.74) is 1.02. The summed E-state index contributed by atoms with van der Waals surface area (Å²) < 4.78 is 7.70. The molecule has 1 fully saturated rings.